The number of hydrogen-bond acceptors (Lipinski definition) is 5. The molecule has 170 valence electrons. The zero-order valence-corrected chi connectivity index (χ0v) is 19.4. The summed E-state index contributed by atoms with van der Waals surface area (Å²) in [5.41, 5.74) is 3.70. The molecule has 0 amide bonds. The first-order chi connectivity index (χ1) is 16.0. The summed E-state index contributed by atoms with van der Waals surface area (Å²) in [6.45, 7) is 2.10. The third-order valence-electron chi connectivity index (χ3n) is 6.26. The number of Topliss-reactive ketones (excluding diaryl/α,β-unsaturated/α-hetero) is 1. The molecule has 0 saturated carbocycles. The lowest BCUT2D eigenvalue weighted by molar-refractivity contribution is 0.0944. The molecule has 0 fully saturated rings. The molecule has 3 aromatic rings. The highest BCUT2D eigenvalue weighted by Gasteiger charge is 2.31. The van der Waals surface area contributed by atoms with Crippen molar-refractivity contribution in [3.63, 3.8) is 0 Å². The van der Waals surface area contributed by atoms with Gasteiger partial charge in [-0.2, -0.15) is 0 Å². The molecule has 0 aliphatic heterocycles. The minimum Gasteiger partial charge on any atom is -0.497 e. The van der Waals surface area contributed by atoms with Gasteiger partial charge in [-0.3, -0.25) is 4.79 Å². The van der Waals surface area contributed by atoms with Crippen LogP contribution in [0.25, 0.3) is 5.70 Å². The fourth-order valence-corrected chi connectivity index (χ4v) is 4.26. The van der Waals surface area contributed by atoms with Crippen molar-refractivity contribution in [2.75, 3.05) is 21.3 Å². The van der Waals surface area contributed by atoms with E-state index >= 15 is 0 Å². The molecule has 5 nitrogen and oxygen atoms in total. The van der Waals surface area contributed by atoms with Crippen molar-refractivity contribution in [3.8, 4) is 11.5 Å². The van der Waals surface area contributed by atoms with Gasteiger partial charge in [-0.25, -0.2) is 0 Å². The predicted molar refractivity (Wildman–Crippen MR) is 129 cm³/mol. The molecule has 0 saturated heterocycles. The summed E-state index contributed by atoms with van der Waals surface area (Å²) < 4.78 is 16.3. The van der Waals surface area contributed by atoms with Crippen LogP contribution in [0.4, 0.5) is 0 Å². The van der Waals surface area contributed by atoms with Crippen LogP contribution in [0, 0.1) is 5.92 Å². The fraction of sp³-hybridized carbons (Fsp3) is 0.250. The van der Waals surface area contributed by atoms with Crippen LogP contribution >= 0.6 is 0 Å². The van der Waals surface area contributed by atoms with Crippen LogP contribution in [0.3, 0.4) is 0 Å². The lowest BCUT2D eigenvalue weighted by Crippen LogP contribution is -2.24. The summed E-state index contributed by atoms with van der Waals surface area (Å²) in [6, 6.07) is 19.1. The van der Waals surface area contributed by atoms with Gasteiger partial charge >= 0.3 is 0 Å². The Balaban J connectivity index is 1.78. The Morgan fingerprint density at radius 2 is 1.58 bits per heavy atom. The third-order valence-corrected chi connectivity index (χ3v) is 6.26. The number of benzene rings is 2. The molecule has 1 aliphatic carbocycles. The van der Waals surface area contributed by atoms with Crippen molar-refractivity contribution in [2.24, 2.45) is 5.92 Å². The van der Waals surface area contributed by atoms with Crippen molar-refractivity contribution >= 4 is 11.5 Å². The maximum Gasteiger partial charge on any atom is 0.170 e. The van der Waals surface area contributed by atoms with Crippen molar-refractivity contribution in [1.29, 1.82) is 0 Å². The zero-order chi connectivity index (χ0) is 23.4. The lowest BCUT2D eigenvalue weighted by atomic mass is 9.88. The van der Waals surface area contributed by atoms with Gasteiger partial charge in [0.15, 0.2) is 5.78 Å². The Kier molecular flexibility index (Phi) is 6.68. The quantitative estimate of drug-likeness (QED) is 0.390. The van der Waals surface area contributed by atoms with Gasteiger partial charge in [0, 0.05) is 18.3 Å². The van der Waals surface area contributed by atoms with Crippen LogP contribution in [0.1, 0.15) is 41.1 Å². The molecule has 0 bridgehead atoms. The molecule has 33 heavy (non-hydrogen) atoms. The van der Waals surface area contributed by atoms with Gasteiger partial charge in [0.2, 0.25) is 0 Å². The van der Waals surface area contributed by atoms with Gasteiger partial charge in [0.1, 0.15) is 17.3 Å². The number of furan rings is 1. The highest BCUT2D eigenvalue weighted by molar-refractivity contribution is 6.01. The van der Waals surface area contributed by atoms with E-state index in [1.165, 1.54) is 0 Å². The zero-order valence-electron chi connectivity index (χ0n) is 19.4. The summed E-state index contributed by atoms with van der Waals surface area (Å²) in [5.74, 6) is 2.23. The number of allylic oxidation sites excluding steroid dienone is 3. The normalized spacial score (nSPS) is 17.5. The SMILES string of the molecule is COc1ccc(C(=O)C2CC=C/C2=C(\c2ccc(OC)cc2)N(C)C(C)c2ccco2)cc1. The number of rotatable bonds is 8. The summed E-state index contributed by atoms with van der Waals surface area (Å²) in [5, 5.41) is 0. The molecule has 1 aliphatic rings. The Morgan fingerprint density at radius 3 is 2.12 bits per heavy atom. The summed E-state index contributed by atoms with van der Waals surface area (Å²) in [6.07, 6.45) is 6.52. The van der Waals surface area contributed by atoms with Crippen LogP contribution in [0.15, 0.2) is 89.1 Å². The van der Waals surface area contributed by atoms with Gasteiger partial charge in [-0.05, 0) is 85.1 Å². The van der Waals surface area contributed by atoms with Crippen LogP contribution < -0.4 is 9.47 Å². The van der Waals surface area contributed by atoms with Crippen LogP contribution in [0.5, 0.6) is 11.5 Å². The van der Waals surface area contributed by atoms with E-state index < -0.39 is 0 Å². The number of ether oxygens (including phenoxy) is 2. The predicted octanol–water partition coefficient (Wildman–Crippen LogP) is 6.16. The molecule has 0 N–H and O–H groups in total. The second-order valence-corrected chi connectivity index (χ2v) is 8.12. The fourth-order valence-electron chi connectivity index (χ4n) is 4.26. The third kappa shape index (κ3) is 4.58. The minimum absolute atomic E-state index is 0.0182. The van der Waals surface area contributed by atoms with Gasteiger partial charge in [0.25, 0.3) is 0 Å². The number of carbonyl (C=O) groups excluding carboxylic acids is 1. The average molecular weight is 444 g/mol. The van der Waals surface area contributed by atoms with Crippen LogP contribution in [-0.4, -0.2) is 32.0 Å². The molecular formula is C28H29NO4. The first-order valence-electron chi connectivity index (χ1n) is 11.0. The van der Waals surface area contributed by atoms with Crippen molar-refractivity contribution in [3.05, 3.63) is 102 Å². The highest BCUT2D eigenvalue weighted by atomic mass is 16.5. The lowest BCUT2D eigenvalue weighted by Gasteiger charge is -2.31. The van der Waals surface area contributed by atoms with Crippen LogP contribution in [-0.2, 0) is 0 Å². The maximum absolute atomic E-state index is 13.5. The van der Waals surface area contributed by atoms with Crippen molar-refractivity contribution in [1.82, 2.24) is 4.90 Å². The molecule has 0 radical (unpaired) electrons. The number of hydrogen-bond donors (Lipinski definition) is 0. The second-order valence-electron chi connectivity index (χ2n) is 8.12. The Hall–Kier alpha value is -3.73. The van der Waals surface area contributed by atoms with E-state index in [9.17, 15) is 4.79 Å². The van der Waals surface area contributed by atoms with Crippen molar-refractivity contribution in [2.45, 2.75) is 19.4 Å². The maximum atomic E-state index is 13.5. The van der Waals surface area contributed by atoms with E-state index in [1.54, 1.807) is 20.5 Å². The summed E-state index contributed by atoms with van der Waals surface area (Å²) in [4.78, 5) is 15.7. The molecule has 1 aromatic heterocycles. The molecular weight excluding hydrogens is 414 g/mol. The Labute approximate surface area is 194 Å². The monoisotopic (exact) mass is 443 g/mol. The van der Waals surface area contributed by atoms with Gasteiger partial charge in [-0.15, -0.1) is 0 Å². The molecule has 1 heterocycles. The average Bonchev–Trinajstić information content (AvgIpc) is 3.56. The van der Waals surface area contributed by atoms with Crippen LogP contribution in [0.2, 0.25) is 0 Å². The van der Waals surface area contributed by atoms with E-state index in [0.29, 0.717) is 12.0 Å². The van der Waals surface area contributed by atoms with Gasteiger partial charge in [0.05, 0.1) is 32.4 Å². The van der Waals surface area contributed by atoms with E-state index in [-0.39, 0.29) is 17.7 Å². The highest BCUT2D eigenvalue weighted by Crippen LogP contribution is 2.39. The molecule has 4 rings (SSSR count). The standard InChI is InChI=1S/C28H29NO4/c1-19(26-9-6-18-33-26)29(2)27(20-10-14-22(31-3)15-11-20)24-7-5-8-25(24)28(30)21-12-16-23(32-4)17-13-21/h5-7,9-19,25H,8H2,1-4H3/b27-24-. The number of carbonyl (C=O) groups is 1. The van der Waals surface area contributed by atoms with E-state index in [1.807, 2.05) is 67.7 Å². The van der Waals surface area contributed by atoms with E-state index in [4.69, 9.17) is 13.9 Å². The smallest absolute Gasteiger partial charge is 0.170 e. The largest absolute Gasteiger partial charge is 0.497 e. The van der Waals surface area contributed by atoms with Gasteiger partial charge < -0.3 is 18.8 Å². The van der Waals surface area contributed by atoms with E-state index in [0.717, 1.165) is 34.1 Å². The number of methoxy groups -OCH3 is 2. The first kappa shape index (κ1) is 22.5. The number of ketones is 1. The summed E-state index contributed by atoms with van der Waals surface area (Å²) >= 11 is 0. The summed E-state index contributed by atoms with van der Waals surface area (Å²) in [7, 11) is 5.32. The molecule has 2 atom stereocenters. The molecule has 0 spiro atoms. The van der Waals surface area contributed by atoms with Gasteiger partial charge in [-0.1, -0.05) is 12.2 Å². The Bertz CT molecular complexity index is 1140. The number of nitrogens with zero attached hydrogens (tertiary/aromatic N) is 1. The topological polar surface area (TPSA) is 51.9 Å². The molecule has 2 aromatic carbocycles. The Morgan fingerprint density at radius 1 is 0.970 bits per heavy atom. The first-order valence-corrected chi connectivity index (χ1v) is 11.0. The second kappa shape index (κ2) is 9.82. The van der Waals surface area contributed by atoms with E-state index in [2.05, 4.69) is 24.0 Å². The van der Waals surface area contributed by atoms with Crippen molar-refractivity contribution < 1.29 is 18.7 Å². The minimum atomic E-state index is -0.262. The molecule has 2 unspecified atom stereocenters. The molecule has 5 heteroatoms.